The molecular weight excluding hydrogens is 354 g/mol. The van der Waals surface area contributed by atoms with E-state index in [4.69, 9.17) is 5.73 Å². The lowest BCUT2D eigenvalue weighted by Gasteiger charge is -2.31. The standard InChI is InChI=1S/C14H18F3N3O.2ClH/c15-14(16,17)12-6-5-10(8-19-12)13(21)20-11-4-2-1-3-9(11)7-18;;/h5-6,8-9,11H,1-4,7,18H2,(H,20,21);2*1H. The molecule has 0 bridgehead atoms. The van der Waals surface area contributed by atoms with E-state index in [0.29, 0.717) is 6.54 Å². The number of hydrogen-bond donors (Lipinski definition) is 2. The van der Waals surface area contributed by atoms with Crippen molar-refractivity contribution in [3.63, 3.8) is 0 Å². The third-order valence-corrected chi connectivity index (χ3v) is 3.84. The quantitative estimate of drug-likeness (QED) is 0.854. The van der Waals surface area contributed by atoms with Gasteiger partial charge in [-0.1, -0.05) is 12.8 Å². The van der Waals surface area contributed by atoms with Gasteiger partial charge in [-0.3, -0.25) is 9.78 Å². The highest BCUT2D eigenvalue weighted by atomic mass is 35.5. The first-order chi connectivity index (χ1) is 9.91. The van der Waals surface area contributed by atoms with Crippen LogP contribution in [0.4, 0.5) is 13.2 Å². The predicted molar refractivity (Wildman–Crippen MR) is 86.0 cm³/mol. The molecule has 1 heterocycles. The monoisotopic (exact) mass is 373 g/mol. The average molecular weight is 374 g/mol. The summed E-state index contributed by atoms with van der Waals surface area (Å²) in [6, 6.07) is 1.94. The van der Waals surface area contributed by atoms with Crippen LogP contribution in [0, 0.1) is 5.92 Å². The van der Waals surface area contributed by atoms with Crippen molar-refractivity contribution < 1.29 is 18.0 Å². The van der Waals surface area contributed by atoms with Gasteiger partial charge in [0.2, 0.25) is 0 Å². The summed E-state index contributed by atoms with van der Waals surface area (Å²) < 4.78 is 37.2. The van der Waals surface area contributed by atoms with E-state index in [-0.39, 0.29) is 42.3 Å². The first-order valence-corrected chi connectivity index (χ1v) is 6.96. The fourth-order valence-electron chi connectivity index (χ4n) is 2.63. The fourth-order valence-corrected chi connectivity index (χ4v) is 2.63. The molecule has 2 rings (SSSR count). The summed E-state index contributed by atoms with van der Waals surface area (Å²) in [5.41, 5.74) is 4.81. The maximum Gasteiger partial charge on any atom is 0.433 e. The number of hydrogen-bond acceptors (Lipinski definition) is 3. The highest BCUT2D eigenvalue weighted by Crippen LogP contribution is 2.27. The molecule has 0 radical (unpaired) electrons. The van der Waals surface area contributed by atoms with Crippen molar-refractivity contribution in [2.75, 3.05) is 6.54 Å². The van der Waals surface area contributed by atoms with Gasteiger partial charge in [0, 0.05) is 12.2 Å². The molecule has 4 nitrogen and oxygen atoms in total. The molecule has 0 spiro atoms. The Morgan fingerprint density at radius 1 is 1.26 bits per heavy atom. The number of nitrogens with one attached hydrogen (secondary N) is 1. The number of carbonyl (C=O) groups excluding carboxylic acids is 1. The van der Waals surface area contributed by atoms with Crippen LogP contribution < -0.4 is 11.1 Å². The van der Waals surface area contributed by atoms with Crippen molar-refractivity contribution in [2.24, 2.45) is 11.7 Å². The highest BCUT2D eigenvalue weighted by molar-refractivity contribution is 5.94. The molecule has 2 unspecified atom stereocenters. The molecule has 0 aliphatic heterocycles. The van der Waals surface area contributed by atoms with Crippen LogP contribution in [0.25, 0.3) is 0 Å². The molecule has 1 aliphatic rings. The molecule has 23 heavy (non-hydrogen) atoms. The van der Waals surface area contributed by atoms with Crippen molar-refractivity contribution >= 4 is 30.7 Å². The van der Waals surface area contributed by atoms with Gasteiger partial charge in [0.05, 0.1) is 5.56 Å². The zero-order valence-electron chi connectivity index (χ0n) is 12.3. The number of nitrogens with two attached hydrogens (primary N) is 1. The van der Waals surface area contributed by atoms with Gasteiger partial charge in [0.1, 0.15) is 5.69 Å². The van der Waals surface area contributed by atoms with Crippen LogP contribution in [0.1, 0.15) is 41.7 Å². The number of aromatic nitrogens is 1. The van der Waals surface area contributed by atoms with Crippen molar-refractivity contribution in [3.8, 4) is 0 Å². The Hall–Kier alpha value is -1.05. The third kappa shape index (κ3) is 5.82. The SMILES string of the molecule is Cl.Cl.NCC1CCCCC1NC(=O)c1ccc(C(F)(F)F)nc1. The van der Waals surface area contributed by atoms with Crippen LogP contribution in [0.2, 0.25) is 0 Å². The second-order valence-corrected chi connectivity index (χ2v) is 5.29. The normalized spacial score (nSPS) is 20.9. The van der Waals surface area contributed by atoms with Crippen LogP contribution in [0.5, 0.6) is 0 Å². The van der Waals surface area contributed by atoms with Crippen molar-refractivity contribution in [2.45, 2.75) is 37.9 Å². The summed E-state index contributed by atoms with van der Waals surface area (Å²) in [4.78, 5) is 15.4. The van der Waals surface area contributed by atoms with Gasteiger partial charge in [-0.25, -0.2) is 0 Å². The Bertz CT molecular complexity index is 497. The van der Waals surface area contributed by atoms with E-state index >= 15 is 0 Å². The van der Waals surface area contributed by atoms with Gasteiger partial charge in [0.15, 0.2) is 0 Å². The molecule has 9 heteroatoms. The maximum absolute atomic E-state index is 12.4. The molecule has 1 aliphatic carbocycles. The molecule has 2 atom stereocenters. The highest BCUT2D eigenvalue weighted by Gasteiger charge is 2.32. The zero-order chi connectivity index (χ0) is 15.5. The summed E-state index contributed by atoms with van der Waals surface area (Å²) in [7, 11) is 0. The maximum atomic E-state index is 12.4. The van der Waals surface area contributed by atoms with Gasteiger partial charge < -0.3 is 11.1 Å². The van der Waals surface area contributed by atoms with Crippen molar-refractivity contribution in [1.82, 2.24) is 10.3 Å². The second kappa shape index (κ2) is 9.30. The van der Waals surface area contributed by atoms with Crippen LogP contribution in [0.3, 0.4) is 0 Å². The Balaban J connectivity index is 0.00000242. The molecule has 1 amide bonds. The van der Waals surface area contributed by atoms with Crippen LogP contribution in [-0.4, -0.2) is 23.5 Å². The topological polar surface area (TPSA) is 68.0 Å². The first-order valence-electron chi connectivity index (χ1n) is 6.96. The second-order valence-electron chi connectivity index (χ2n) is 5.29. The lowest BCUT2D eigenvalue weighted by Crippen LogP contribution is -2.44. The zero-order valence-corrected chi connectivity index (χ0v) is 13.9. The molecule has 1 fully saturated rings. The van der Waals surface area contributed by atoms with Crippen LogP contribution in [-0.2, 0) is 6.18 Å². The third-order valence-electron chi connectivity index (χ3n) is 3.84. The van der Waals surface area contributed by atoms with E-state index in [1.54, 1.807) is 0 Å². The summed E-state index contributed by atoms with van der Waals surface area (Å²) in [5.74, 6) is -0.174. The van der Waals surface area contributed by atoms with Crippen molar-refractivity contribution in [1.29, 1.82) is 0 Å². The largest absolute Gasteiger partial charge is 0.433 e. The minimum atomic E-state index is -4.50. The molecule has 1 aromatic heterocycles. The number of pyridine rings is 1. The summed E-state index contributed by atoms with van der Waals surface area (Å²) in [6.07, 6.45) is 0.388. The molecule has 0 aromatic carbocycles. The Kier molecular flexibility index (Phi) is 8.87. The van der Waals surface area contributed by atoms with Gasteiger partial charge >= 0.3 is 6.18 Å². The van der Waals surface area contributed by atoms with E-state index in [0.717, 1.165) is 44.0 Å². The summed E-state index contributed by atoms with van der Waals surface area (Å²) in [6.45, 7) is 0.496. The number of rotatable bonds is 3. The molecule has 132 valence electrons. The van der Waals surface area contributed by atoms with Gasteiger partial charge in [-0.15, -0.1) is 24.8 Å². The van der Waals surface area contributed by atoms with E-state index in [1.807, 2.05) is 0 Å². The van der Waals surface area contributed by atoms with Crippen LogP contribution in [0.15, 0.2) is 18.3 Å². The number of halogens is 5. The van der Waals surface area contributed by atoms with Gasteiger partial charge in [-0.2, -0.15) is 13.2 Å². The summed E-state index contributed by atoms with van der Waals surface area (Å²) >= 11 is 0. The first kappa shape index (κ1) is 21.9. The number of alkyl halides is 3. The number of nitrogens with zero attached hydrogens (tertiary/aromatic N) is 1. The average Bonchev–Trinajstić information content (AvgIpc) is 2.47. The number of amides is 1. The van der Waals surface area contributed by atoms with Gasteiger partial charge in [0.25, 0.3) is 5.91 Å². The van der Waals surface area contributed by atoms with Crippen LogP contribution >= 0.6 is 24.8 Å². The predicted octanol–water partition coefficient (Wildman–Crippen LogP) is 3.19. The minimum absolute atomic E-state index is 0. The Morgan fingerprint density at radius 3 is 2.43 bits per heavy atom. The summed E-state index contributed by atoms with van der Waals surface area (Å²) in [5, 5.41) is 2.85. The minimum Gasteiger partial charge on any atom is -0.349 e. The Morgan fingerprint density at radius 2 is 1.91 bits per heavy atom. The van der Waals surface area contributed by atoms with E-state index in [9.17, 15) is 18.0 Å². The molecule has 1 saturated carbocycles. The molecular formula is C14H20Cl2F3N3O. The lowest BCUT2D eigenvalue weighted by molar-refractivity contribution is -0.141. The molecule has 0 saturated heterocycles. The van der Waals surface area contributed by atoms with E-state index in [2.05, 4.69) is 10.3 Å². The Labute approximate surface area is 145 Å². The molecule has 1 aromatic rings. The smallest absolute Gasteiger partial charge is 0.349 e. The van der Waals surface area contributed by atoms with E-state index in [1.165, 1.54) is 0 Å². The van der Waals surface area contributed by atoms with Crippen molar-refractivity contribution in [3.05, 3.63) is 29.6 Å². The lowest BCUT2D eigenvalue weighted by atomic mass is 9.84. The molecule has 3 N–H and O–H groups in total. The fraction of sp³-hybridized carbons (Fsp3) is 0.571. The number of carbonyl (C=O) groups is 1. The van der Waals surface area contributed by atoms with E-state index < -0.39 is 17.8 Å². The van der Waals surface area contributed by atoms with Gasteiger partial charge in [-0.05, 0) is 37.4 Å².